The number of fused-ring (bicyclic) bond motifs is 1. The van der Waals surface area contributed by atoms with Crippen molar-refractivity contribution in [1.29, 1.82) is 0 Å². The molecular formula is C29H23F3N4O4. The van der Waals surface area contributed by atoms with Gasteiger partial charge in [0, 0.05) is 18.6 Å². The molecule has 8 nitrogen and oxygen atoms in total. The lowest BCUT2D eigenvalue weighted by Gasteiger charge is -2.18. The molecule has 0 unspecified atom stereocenters. The van der Waals surface area contributed by atoms with Crippen LogP contribution in [-0.2, 0) is 13.2 Å². The van der Waals surface area contributed by atoms with Gasteiger partial charge >= 0.3 is 6.18 Å². The largest absolute Gasteiger partial charge is 0.497 e. The van der Waals surface area contributed by atoms with Crippen LogP contribution in [0.25, 0.3) is 22.1 Å². The van der Waals surface area contributed by atoms with E-state index in [0.29, 0.717) is 21.7 Å². The molecule has 11 heteroatoms. The van der Waals surface area contributed by atoms with Crippen molar-refractivity contribution in [3.63, 3.8) is 0 Å². The van der Waals surface area contributed by atoms with Gasteiger partial charge in [0.25, 0.3) is 11.1 Å². The minimum Gasteiger partial charge on any atom is -0.497 e. The fourth-order valence-electron chi connectivity index (χ4n) is 4.61. The molecule has 0 fully saturated rings. The Labute approximate surface area is 225 Å². The summed E-state index contributed by atoms with van der Waals surface area (Å²) in [5.74, 6) is -0.474. The van der Waals surface area contributed by atoms with Gasteiger partial charge in [-0.3, -0.25) is 14.3 Å². The summed E-state index contributed by atoms with van der Waals surface area (Å²) in [6.45, 7) is 1.69. The second-order valence-electron chi connectivity index (χ2n) is 8.97. The number of halogens is 3. The number of pyridine rings is 1. The van der Waals surface area contributed by atoms with Gasteiger partial charge in [-0.2, -0.15) is 13.2 Å². The monoisotopic (exact) mass is 548 g/mol. The average Bonchev–Trinajstić information content (AvgIpc) is 3.15. The Morgan fingerprint density at radius 1 is 0.925 bits per heavy atom. The maximum atomic E-state index is 13.9. The molecule has 0 aliphatic rings. The number of rotatable bonds is 5. The van der Waals surface area contributed by atoms with Crippen molar-refractivity contribution in [1.82, 2.24) is 13.9 Å². The van der Waals surface area contributed by atoms with Crippen molar-refractivity contribution < 1.29 is 23.0 Å². The van der Waals surface area contributed by atoms with Crippen molar-refractivity contribution in [3.8, 4) is 23.0 Å². The lowest BCUT2D eigenvalue weighted by molar-refractivity contribution is -0.137. The summed E-state index contributed by atoms with van der Waals surface area (Å²) in [7, 11) is 3.08. The van der Waals surface area contributed by atoms with E-state index >= 15 is 0 Å². The molecule has 2 heterocycles. The Bertz CT molecular complexity index is 1900. The standard InChI is InChI=1S/C29H23F3N4O4/c1-17-25(28(39)36(34(17)2)18-9-5-4-6-10-18)33-16-22-20-14-13-19(40-3)15-21(20)26(37)35(27(22)38)24-12-8-7-11-23(24)29(30,31)32/h4-16,38H,1-3H3. The van der Waals surface area contributed by atoms with E-state index in [1.807, 2.05) is 6.07 Å². The van der Waals surface area contributed by atoms with Crippen molar-refractivity contribution >= 4 is 22.7 Å². The highest BCUT2D eigenvalue weighted by atomic mass is 19.4. The number of nitrogens with zero attached hydrogens (tertiary/aromatic N) is 4. The summed E-state index contributed by atoms with van der Waals surface area (Å²) < 4.78 is 50.5. The third-order valence-electron chi connectivity index (χ3n) is 6.70. The highest BCUT2D eigenvalue weighted by Crippen LogP contribution is 2.36. The molecule has 0 amide bonds. The number of aromatic nitrogens is 3. The predicted molar refractivity (Wildman–Crippen MR) is 146 cm³/mol. The lowest BCUT2D eigenvalue weighted by Crippen LogP contribution is -2.23. The van der Waals surface area contributed by atoms with Gasteiger partial charge in [0.15, 0.2) is 5.69 Å². The Morgan fingerprint density at radius 2 is 1.60 bits per heavy atom. The summed E-state index contributed by atoms with van der Waals surface area (Å²) in [6, 6.07) is 17.8. The van der Waals surface area contributed by atoms with Gasteiger partial charge in [-0.15, -0.1) is 0 Å². The molecule has 204 valence electrons. The van der Waals surface area contributed by atoms with Crippen LogP contribution in [0.4, 0.5) is 18.9 Å². The minimum atomic E-state index is -4.80. The number of alkyl halides is 3. The summed E-state index contributed by atoms with van der Waals surface area (Å²) in [6.07, 6.45) is -3.63. The van der Waals surface area contributed by atoms with Crippen LogP contribution in [0.2, 0.25) is 0 Å². The number of hydrogen-bond donors (Lipinski definition) is 1. The first-order chi connectivity index (χ1) is 19.0. The van der Waals surface area contributed by atoms with Crippen LogP contribution in [0, 0.1) is 6.92 Å². The molecule has 0 aliphatic carbocycles. The van der Waals surface area contributed by atoms with Gasteiger partial charge in [-0.05, 0) is 49.4 Å². The molecule has 0 bridgehead atoms. The number of methoxy groups -OCH3 is 1. The summed E-state index contributed by atoms with van der Waals surface area (Å²) in [5.41, 5.74) is -1.87. The second-order valence-corrected chi connectivity index (χ2v) is 8.97. The van der Waals surface area contributed by atoms with Crippen LogP contribution in [-0.4, -0.2) is 32.4 Å². The van der Waals surface area contributed by atoms with E-state index in [1.54, 1.807) is 49.0 Å². The third-order valence-corrected chi connectivity index (χ3v) is 6.70. The van der Waals surface area contributed by atoms with E-state index in [-0.39, 0.29) is 22.0 Å². The Balaban J connectivity index is 1.79. The number of ether oxygens (including phenoxy) is 1. The van der Waals surface area contributed by atoms with E-state index in [0.717, 1.165) is 12.1 Å². The number of aliphatic imine (C=N–C) groups is 1. The Kier molecular flexibility index (Phi) is 6.58. The summed E-state index contributed by atoms with van der Waals surface area (Å²) in [5, 5.41) is 11.5. The first kappa shape index (κ1) is 26.5. The quantitative estimate of drug-likeness (QED) is 0.303. The molecule has 0 aliphatic heterocycles. The fourth-order valence-corrected chi connectivity index (χ4v) is 4.61. The molecule has 5 aromatic rings. The van der Waals surface area contributed by atoms with Crippen LogP contribution in [0.3, 0.4) is 0 Å². The normalized spacial score (nSPS) is 11.9. The van der Waals surface area contributed by atoms with E-state index in [9.17, 15) is 27.9 Å². The van der Waals surface area contributed by atoms with Crippen molar-refractivity contribution in [2.24, 2.45) is 12.0 Å². The van der Waals surface area contributed by atoms with Gasteiger partial charge in [0.2, 0.25) is 5.88 Å². The zero-order valence-corrected chi connectivity index (χ0v) is 21.6. The number of hydrogen-bond acceptors (Lipinski definition) is 5. The SMILES string of the molecule is COc1ccc2c(C=Nc3c(C)n(C)n(-c4ccccc4)c3=O)c(O)n(-c3ccccc3C(F)(F)F)c(=O)c2c1. The molecular weight excluding hydrogens is 525 g/mol. The third kappa shape index (κ3) is 4.35. The minimum absolute atomic E-state index is 0.0120. The highest BCUT2D eigenvalue weighted by Gasteiger charge is 2.35. The van der Waals surface area contributed by atoms with Crippen LogP contribution in [0.1, 0.15) is 16.8 Å². The smallest absolute Gasteiger partial charge is 0.418 e. The topological polar surface area (TPSA) is 90.8 Å². The molecule has 0 radical (unpaired) electrons. The fraction of sp³-hybridized carbons (Fsp3) is 0.138. The maximum Gasteiger partial charge on any atom is 0.418 e. The first-order valence-electron chi connectivity index (χ1n) is 12.0. The zero-order chi connectivity index (χ0) is 28.8. The lowest BCUT2D eigenvalue weighted by atomic mass is 10.1. The van der Waals surface area contributed by atoms with E-state index in [2.05, 4.69) is 4.99 Å². The second kappa shape index (κ2) is 9.92. The average molecular weight is 549 g/mol. The summed E-state index contributed by atoms with van der Waals surface area (Å²) >= 11 is 0. The Hall–Kier alpha value is -5.06. The molecule has 0 atom stereocenters. The van der Waals surface area contributed by atoms with Crippen LogP contribution >= 0.6 is 0 Å². The van der Waals surface area contributed by atoms with Crippen LogP contribution in [0.15, 0.2) is 87.4 Å². The zero-order valence-electron chi connectivity index (χ0n) is 21.6. The summed E-state index contributed by atoms with van der Waals surface area (Å²) in [4.78, 5) is 31.2. The number of aromatic hydroxyl groups is 1. The van der Waals surface area contributed by atoms with Crippen molar-refractivity contribution in [2.45, 2.75) is 13.1 Å². The van der Waals surface area contributed by atoms with E-state index in [1.165, 1.54) is 42.3 Å². The van der Waals surface area contributed by atoms with Crippen molar-refractivity contribution in [2.75, 3.05) is 7.11 Å². The molecule has 1 N–H and O–H groups in total. The Morgan fingerprint density at radius 3 is 2.27 bits per heavy atom. The predicted octanol–water partition coefficient (Wildman–Crippen LogP) is 5.27. The van der Waals surface area contributed by atoms with E-state index < -0.39 is 34.4 Å². The number of para-hydroxylation sites is 2. The molecule has 0 spiro atoms. The van der Waals surface area contributed by atoms with Gasteiger partial charge in [0.05, 0.1) is 40.7 Å². The molecule has 0 saturated heterocycles. The molecule has 40 heavy (non-hydrogen) atoms. The van der Waals surface area contributed by atoms with Gasteiger partial charge in [0.1, 0.15) is 5.75 Å². The van der Waals surface area contributed by atoms with Gasteiger partial charge < -0.3 is 9.84 Å². The molecule has 5 rings (SSSR count). The molecule has 2 aromatic heterocycles. The van der Waals surface area contributed by atoms with Gasteiger partial charge in [-0.25, -0.2) is 14.2 Å². The van der Waals surface area contributed by atoms with Crippen LogP contribution < -0.4 is 15.9 Å². The van der Waals surface area contributed by atoms with E-state index in [4.69, 9.17) is 4.74 Å². The number of benzene rings is 3. The first-order valence-corrected chi connectivity index (χ1v) is 12.0. The van der Waals surface area contributed by atoms with Crippen LogP contribution in [0.5, 0.6) is 11.6 Å². The highest BCUT2D eigenvalue weighted by molar-refractivity contribution is 6.03. The van der Waals surface area contributed by atoms with Gasteiger partial charge in [-0.1, -0.05) is 30.3 Å². The van der Waals surface area contributed by atoms with Crippen molar-refractivity contribution in [3.05, 3.63) is 110 Å². The maximum absolute atomic E-state index is 13.9. The molecule has 0 saturated carbocycles. The molecule has 3 aromatic carbocycles.